The maximum absolute atomic E-state index is 11.8. The Morgan fingerprint density at radius 1 is 1.68 bits per heavy atom. The summed E-state index contributed by atoms with van der Waals surface area (Å²) >= 11 is 0. The Kier molecular flexibility index (Phi) is 3.29. The van der Waals surface area contributed by atoms with Crippen LogP contribution in [0.4, 0.5) is 11.8 Å². The first-order valence-corrected chi connectivity index (χ1v) is 5.47. The SMILES string of the molecule is COC(=O)C1CC(=O)N(c2ncc(C#N)c(N)n2)C1. The van der Waals surface area contributed by atoms with Crippen LogP contribution < -0.4 is 10.6 Å². The second-order valence-corrected chi connectivity index (χ2v) is 4.01. The summed E-state index contributed by atoms with van der Waals surface area (Å²) in [6.45, 7) is 0.150. The molecule has 1 amide bonds. The van der Waals surface area contributed by atoms with E-state index in [0.717, 1.165) is 0 Å². The van der Waals surface area contributed by atoms with Crippen molar-refractivity contribution in [1.29, 1.82) is 5.26 Å². The number of ether oxygens (including phenoxy) is 1. The van der Waals surface area contributed by atoms with Crippen LogP contribution in [0, 0.1) is 17.2 Å². The highest BCUT2D eigenvalue weighted by Gasteiger charge is 2.37. The summed E-state index contributed by atoms with van der Waals surface area (Å²) in [7, 11) is 1.27. The van der Waals surface area contributed by atoms with Crippen LogP contribution in [0.2, 0.25) is 0 Å². The van der Waals surface area contributed by atoms with Crippen LogP contribution in [0.1, 0.15) is 12.0 Å². The van der Waals surface area contributed by atoms with Gasteiger partial charge in [0.2, 0.25) is 11.9 Å². The minimum Gasteiger partial charge on any atom is -0.469 e. The predicted molar refractivity (Wildman–Crippen MR) is 63.6 cm³/mol. The fraction of sp³-hybridized carbons (Fsp3) is 0.364. The first-order valence-electron chi connectivity index (χ1n) is 5.47. The van der Waals surface area contributed by atoms with Crippen molar-refractivity contribution < 1.29 is 14.3 Å². The van der Waals surface area contributed by atoms with E-state index in [4.69, 9.17) is 11.0 Å². The number of hydrogen-bond donors (Lipinski definition) is 1. The van der Waals surface area contributed by atoms with Gasteiger partial charge in [0.15, 0.2) is 0 Å². The molecule has 19 heavy (non-hydrogen) atoms. The third-order valence-electron chi connectivity index (χ3n) is 2.83. The Morgan fingerprint density at radius 2 is 2.42 bits per heavy atom. The first kappa shape index (κ1) is 12.8. The summed E-state index contributed by atoms with van der Waals surface area (Å²) in [5.74, 6) is -1.16. The summed E-state index contributed by atoms with van der Waals surface area (Å²) in [5, 5.41) is 8.72. The highest BCUT2D eigenvalue weighted by molar-refractivity contribution is 5.98. The number of esters is 1. The van der Waals surface area contributed by atoms with Gasteiger partial charge in [-0.15, -0.1) is 0 Å². The fourth-order valence-electron chi connectivity index (χ4n) is 1.83. The number of amides is 1. The zero-order chi connectivity index (χ0) is 14.0. The molecule has 1 aliphatic rings. The molecule has 8 heteroatoms. The number of nitriles is 1. The first-order chi connectivity index (χ1) is 9.06. The van der Waals surface area contributed by atoms with Crippen LogP contribution in [-0.2, 0) is 14.3 Å². The monoisotopic (exact) mass is 261 g/mol. The van der Waals surface area contributed by atoms with E-state index in [2.05, 4.69) is 14.7 Å². The van der Waals surface area contributed by atoms with Crippen molar-refractivity contribution in [2.75, 3.05) is 24.3 Å². The van der Waals surface area contributed by atoms with E-state index in [1.165, 1.54) is 18.2 Å². The average Bonchev–Trinajstić information content (AvgIpc) is 2.80. The molecule has 0 spiro atoms. The Bertz CT molecular complexity index is 580. The van der Waals surface area contributed by atoms with Gasteiger partial charge < -0.3 is 10.5 Å². The van der Waals surface area contributed by atoms with Crippen molar-refractivity contribution >= 4 is 23.6 Å². The number of aromatic nitrogens is 2. The minimum atomic E-state index is -0.530. The molecule has 1 aromatic heterocycles. The highest BCUT2D eigenvalue weighted by atomic mass is 16.5. The molecule has 1 unspecified atom stereocenters. The molecule has 2 heterocycles. The van der Waals surface area contributed by atoms with Gasteiger partial charge in [0, 0.05) is 13.0 Å². The molecule has 0 radical (unpaired) electrons. The molecule has 1 fully saturated rings. The molecule has 0 aromatic carbocycles. The summed E-state index contributed by atoms with van der Waals surface area (Å²) in [6.07, 6.45) is 1.30. The maximum Gasteiger partial charge on any atom is 0.311 e. The predicted octanol–water partition coefficient (Wildman–Crippen LogP) is -0.544. The van der Waals surface area contributed by atoms with Crippen molar-refractivity contribution in [2.45, 2.75) is 6.42 Å². The molecule has 0 bridgehead atoms. The fourth-order valence-corrected chi connectivity index (χ4v) is 1.83. The van der Waals surface area contributed by atoms with E-state index in [0.29, 0.717) is 0 Å². The lowest BCUT2D eigenvalue weighted by Crippen LogP contribution is -2.28. The molecule has 1 aromatic rings. The number of carbonyl (C=O) groups is 2. The van der Waals surface area contributed by atoms with Gasteiger partial charge in [-0.1, -0.05) is 0 Å². The molecule has 1 atom stereocenters. The van der Waals surface area contributed by atoms with Gasteiger partial charge in [-0.3, -0.25) is 14.5 Å². The quantitative estimate of drug-likeness (QED) is 0.709. The van der Waals surface area contributed by atoms with Crippen LogP contribution in [0.5, 0.6) is 0 Å². The van der Waals surface area contributed by atoms with Crippen molar-refractivity contribution in [1.82, 2.24) is 9.97 Å². The van der Waals surface area contributed by atoms with Crippen molar-refractivity contribution in [3.05, 3.63) is 11.8 Å². The van der Waals surface area contributed by atoms with Crippen molar-refractivity contribution in [3.8, 4) is 6.07 Å². The van der Waals surface area contributed by atoms with Gasteiger partial charge in [-0.2, -0.15) is 10.2 Å². The Labute approximate surface area is 108 Å². The molecule has 0 aliphatic carbocycles. The Morgan fingerprint density at radius 3 is 3.00 bits per heavy atom. The van der Waals surface area contributed by atoms with Crippen LogP contribution >= 0.6 is 0 Å². The summed E-state index contributed by atoms with van der Waals surface area (Å²) in [5.41, 5.74) is 5.70. The van der Waals surface area contributed by atoms with E-state index in [-0.39, 0.29) is 36.2 Å². The number of hydrogen-bond acceptors (Lipinski definition) is 7. The number of rotatable bonds is 2. The number of anilines is 2. The Hall–Kier alpha value is -2.69. The van der Waals surface area contributed by atoms with E-state index in [1.807, 2.05) is 6.07 Å². The molecule has 2 rings (SSSR count). The lowest BCUT2D eigenvalue weighted by molar-refractivity contribution is -0.145. The number of nitrogens with zero attached hydrogens (tertiary/aromatic N) is 4. The van der Waals surface area contributed by atoms with E-state index < -0.39 is 11.9 Å². The molecule has 1 aliphatic heterocycles. The zero-order valence-electron chi connectivity index (χ0n) is 10.2. The van der Waals surface area contributed by atoms with Gasteiger partial charge in [-0.25, -0.2) is 4.98 Å². The lowest BCUT2D eigenvalue weighted by Gasteiger charge is -2.14. The van der Waals surface area contributed by atoms with Gasteiger partial charge in [0.05, 0.1) is 19.2 Å². The number of methoxy groups -OCH3 is 1. The van der Waals surface area contributed by atoms with Gasteiger partial charge in [0.1, 0.15) is 17.5 Å². The summed E-state index contributed by atoms with van der Waals surface area (Å²) in [4.78, 5) is 32.3. The Balaban J connectivity index is 2.24. The molecule has 0 saturated carbocycles. The van der Waals surface area contributed by atoms with E-state index >= 15 is 0 Å². The second-order valence-electron chi connectivity index (χ2n) is 4.01. The number of carbonyl (C=O) groups excluding carboxylic acids is 2. The lowest BCUT2D eigenvalue weighted by atomic mass is 10.1. The van der Waals surface area contributed by atoms with Crippen LogP contribution in [0.15, 0.2) is 6.20 Å². The van der Waals surface area contributed by atoms with E-state index in [1.54, 1.807) is 0 Å². The number of nitrogens with two attached hydrogens (primary N) is 1. The topological polar surface area (TPSA) is 122 Å². The van der Waals surface area contributed by atoms with Gasteiger partial charge in [0.25, 0.3) is 0 Å². The molecular weight excluding hydrogens is 250 g/mol. The van der Waals surface area contributed by atoms with Crippen LogP contribution in [-0.4, -0.2) is 35.5 Å². The highest BCUT2D eigenvalue weighted by Crippen LogP contribution is 2.23. The van der Waals surface area contributed by atoms with Crippen molar-refractivity contribution in [2.24, 2.45) is 5.92 Å². The molecule has 2 N–H and O–H groups in total. The summed E-state index contributed by atoms with van der Waals surface area (Å²) < 4.78 is 4.60. The van der Waals surface area contributed by atoms with E-state index in [9.17, 15) is 9.59 Å². The maximum atomic E-state index is 11.8. The molecule has 98 valence electrons. The summed E-state index contributed by atoms with van der Waals surface area (Å²) in [6, 6.07) is 1.83. The zero-order valence-corrected chi connectivity index (χ0v) is 10.2. The van der Waals surface area contributed by atoms with Crippen LogP contribution in [0.25, 0.3) is 0 Å². The normalized spacial score (nSPS) is 18.2. The van der Waals surface area contributed by atoms with Crippen molar-refractivity contribution in [3.63, 3.8) is 0 Å². The average molecular weight is 261 g/mol. The third kappa shape index (κ3) is 2.30. The molecule has 8 nitrogen and oxygen atoms in total. The molecular formula is C11H11N5O3. The van der Waals surface area contributed by atoms with Gasteiger partial charge >= 0.3 is 5.97 Å². The third-order valence-corrected chi connectivity index (χ3v) is 2.83. The standard InChI is InChI=1S/C11H11N5O3/c1-19-10(18)6-2-8(17)16(5-6)11-14-4-7(3-12)9(13)15-11/h4,6H,2,5H2,1H3,(H2,13,14,15). The second kappa shape index (κ2) is 4.89. The van der Waals surface area contributed by atoms with Crippen LogP contribution in [0.3, 0.4) is 0 Å². The smallest absolute Gasteiger partial charge is 0.311 e. The number of nitrogen functional groups attached to an aromatic ring is 1. The minimum absolute atomic E-state index is 0.00168. The largest absolute Gasteiger partial charge is 0.469 e. The molecule has 1 saturated heterocycles. The van der Waals surface area contributed by atoms with Gasteiger partial charge in [-0.05, 0) is 0 Å².